The van der Waals surface area contributed by atoms with E-state index >= 15 is 0 Å². The highest BCUT2D eigenvalue weighted by atomic mass is 15.0. The van der Waals surface area contributed by atoms with Crippen molar-refractivity contribution in [1.29, 1.82) is 0 Å². The van der Waals surface area contributed by atoms with Crippen LogP contribution in [-0.2, 0) is 10.8 Å². The second-order valence-electron chi connectivity index (χ2n) is 6.62. The molecule has 0 saturated carbocycles. The lowest BCUT2D eigenvalue weighted by Gasteiger charge is -2.23. The van der Waals surface area contributed by atoms with Crippen LogP contribution in [-0.4, -0.2) is 19.9 Å². The average molecular weight is 244 g/mol. The minimum atomic E-state index is -0.0916. The minimum Gasteiger partial charge on any atom is -0.249 e. The van der Waals surface area contributed by atoms with Crippen LogP contribution in [0, 0.1) is 0 Å². The molecule has 18 heavy (non-hydrogen) atoms. The van der Waals surface area contributed by atoms with Gasteiger partial charge in [0.05, 0.1) is 5.69 Å². The molecule has 0 N–H and O–H groups in total. The van der Waals surface area contributed by atoms with Gasteiger partial charge in [0.15, 0.2) is 5.65 Å². The van der Waals surface area contributed by atoms with Gasteiger partial charge in [-0.25, -0.2) is 19.9 Å². The molecule has 2 aromatic rings. The van der Waals surface area contributed by atoms with Gasteiger partial charge in [-0.15, -0.1) is 0 Å². The molecule has 0 aromatic carbocycles. The lowest BCUT2D eigenvalue weighted by molar-refractivity contribution is 0.518. The van der Waals surface area contributed by atoms with Crippen LogP contribution < -0.4 is 0 Å². The van der Waals surface area contributed by atoms with Gasteiger partial charge in [0, 0.05) is 23.2 Å². The molecule has 0 radical (unpaired) electrons. The van der Waals surface area contributed by atoms with E-state index in [0.29, 0.717) is 5.65 Å². The Labute approximate surface area is 108 Å². The molecule has 0 saturated heterocycles. The molecule has 2 rings (SSSR count). The lowest BCUT2D eigenvalue weighted by Crippen LogP contribution is -2.22. The molecular weight excluding hydrogens is 224 g/mol. The van der Waals surface area contributed by atoms with Gasteiger partial charge in [-0.2, -0.15) is 0 Å². The molecule has 0 amide bonds. The summed E-state index contributed by atoms with van der Waals surface area (Å²) in [4.78, 5) is 18.0. The molecule has 4 heteroatoms. The molecular formula is C14H20N4. The van der Waals surface area contributed by atoms with E-state index in [1.165, 1.54) is 0 Å². The first-order valence-electron chi connectivity index (χ1n) is 6.19. The van der Waals surface area contributed by atoms with Crippen molar-refractivity contribution in [3.8, 4) is 0 Å². The fourth-order valence-corrected chi connectivity index (χ4v) is 1.72. The summed E-state index contributed by atoms with van der Waals surface area (Å²) < 4.78 is 0. The average Bonchev–Trinajstić information content (AvgIpc) is 2.25. The van der Waals surface area contributed by atoms with E-state index in [2.05, 4.69) is 56.5 Å². The molecule has 0 aliphatic carbocycles. The van der Waals surface area contributed by atoms with Crippen LogP contribution in [0.15, 0.2) is 12.4 Å². The molecule has 2 heterocycles. The summed E-state index contributed by atoms with van der Waals surface area (Å²) >= 11 is 0. The minimum absolute atomic E-state index is 0.0722. The van der Waals surface area contributed by atoms with Crippen LogP contribution in [0.5, 0.6) is 0 Å². The second-order valence-corrected chi connectivity index (χ2v) is 6.62. The number of fused-ring (bicyclic) bond motifs is 1. The fraction of sp³-hybridized carbons (Fsp3) is 0.571. The Bertz CT molecular complexity index is 576. The van der Waals surface area contributed by atoms with Crippen molar-refractivity contribution in [3.63, 3.8) is 0 Å². The summed E-state index contributed by atoms with van der Waals surface area (Å²) in [6.45, 7) is 12.7. The highest BCUT2D eigenvalue weighted by molar-refractivity contribution is 5.73. The Morgan fingerprint density at radius 1 is 0.778 bits per heavy atom. The van der Waals surface area contributed by atoms with Crippen LogP contribution >= 0.6 is 0 Å². The van der Waals surface area contributed by atoms with Gasteiger partial charge in [-0.3, -0.25) is 0 Å². The van der Waals surface area contributed by atoms with Crippen molar-refractivity contribution in [2.24, 2.45) is 0 Å². The van der Waals surface area contributed by atoms with Crippen molar-refractivity contribution in [1.82, 2.24) is 19.9 Å². The van der Waals surface area contributed by atoms with E-state index in [4.69, 9.17) is 4.98 Å². The zero-order valence-electron chi connectivity index (χ0n) is 11.9. The third-order valence-electron chi connectivity index (χ3n) is 2.71. The second kappa shape index (κ2) is 3.97. The van der Waals surface area contributed by atoms with Crippen molar-refractivity contribution >= 4 is 11.2 Å². The van der Waals surface area contributed by atoms with Gasteiger partial charge in [0.25, 0.3) is 0 Å². The van der Waals surface area contributed by atoms with Crippen LogP contribution in [0.3, 0.4) is 0 Å². The highest BCUT2D eigenvalue weighted by Crippen LogP contribution is 2.28. The molecule has 2 aromatic heterocycles. The Balaban J connectivity index is 2.81. The van der Waals surface area contributed by atoms with Gasteiger partial charge >= 0.3 is 0 Å². The monoisotopic (exact) mass is 244 g/mol. The Morgan fingerprint density at radius 2 is 1.39 bits per heavy atom. The van der Waals surface area contributed by atoms with E-state index in [-0.39, 0.29) is 10.8 Å². The summed E-state index contributed by atoms with van der Waals surface area (Å²) in [5.74, 6) is 0.820. The first-order chi connectivity index (χ1) is 8.19. The van der Waals surface area contributed by atoms with Crippen LogP contribution in [0.25, 0.3) is 11.2 Å². The summed E-state index contributed by atoms with van der Waals surface area (Å²) in [6.07, 6.45) is 3.37. The number of hydrogen-bond acceptors (Lipinski definition) is 4. The standard InChI is InChI=1S/C14H20N4/c1-13(2,3)10-9-11(16-8-7-15-9)18-12(17-10)14(4,5)6/h7-8H,1-6H3. The number of rotatable bonds is 0. The highest BCUT2D eigenvalue weighted by Gasteiger charge is 2.26. The van der Waals surface area contributed by atoms with Crippen LogP contribution in [0.4, 0.5) is 0 Å². The van der Waals surface area contributed by atoms with Gasteiger partial charge < -0.3 is 0 Å². The van der Waals surface area contributed by atoms with Gasteiger partial charge in [0.2, 0.25) is 0 Å². The predicted octanol–water partition coefficient (Wildman–Crippen LogP) is 3.01. The molecule has 0 atom stereocenters. The molecule has 96 valence electrons. The smallest absolute Gasteiger partial charge is 0.181 e. The first-order valence-corrected chi connectivity index (χ1v) is 6.19. The maximum atomic E-state index is 4.73. The summed E-state index contributed by atoms with van der Waals surface area (Å²) in [5, 5.41) is 0. The van der Waals surface area contributed by atoms with E-state index in [1.807, 2.05) is 0 Å². The summed E-state index contributed by atoms with van der Waals surface area (Å²) in [6, 6.07) is 0. The Morgan fingerprint density at radius 3 is 1.94 bits per heavy atom. The summed E-state index contributed by atoms with van der Waals surface area (Å²) in [5.41, 5.74) is 2.29. The Hall–Kier alpha value is -1.58. The molecule has 0 spiro atoms. The van der Waals surface area contributed by atoms with Crippen molar-refractivity contribution in [3.05, 3.63) is 23.9 Å². The molecule has 0 aliphatic rings. The summed E-state index contributed by atoms with van der Waals surface area (Å²) in [7, 11) is 0. The molecule has 0 fully saturated rings. The molecule has 4 nitrogen and oxygen atoms in total. The lowest BCUT2D eigenvalue weighted by atomic mass is 9.89. The SMILES string of the molecule is CC(C)(C)c1nc(C(C)(C)C)c2nccnc2n1. The number of hydrogen-bond donors (Lipinski definition) is 0. The zero-order valence-corrected chi connectivity index (χ0v) is 11.9. The molecule has 0 bridgehead atoms. The third kappa shape index (κ3) is 2.33. The maximum Gasteiger partial charge on any atom is 0.181 e. The normalized spacial score (nSPS) is 13.0. The topological polar surface area (TPSA) is 51.6 Å². The zero-order chi connectivity index (χ0) is 13.6. The third-order valence-corrected chi connectivity index (χ3v) is 2.71. The molecule has 0 unspecified atom stereocenters. The maximum absolute atomic E-state index is 4.73. The van der Waals surface area contributed by atoms with Crippen molar-refractivity contribution < 1.29 is 0 Å². The van der Waals surface area contributed by atoms with Crippen molar-refractivity contribution in [2.45, 2.75) is 52.4 Å². The van der Waals surface area contributed by atoms with Crippen LogP contribution in [0.1, 0.15) is 53.1 Å². The van der Waals surface area contributed by atoms with Crippen molar-refractivity contribution in [2.75, 3.05) is 0 Å². The number of aromatic nitrogens is 4. The van der Waals surface area contributed by atoms with E-state index in [0.717, 1.165) is 17.0 Å². The number of nitrogens with zero attached hydrogens (tertiary/aromatic N) is 4. The van der Waals surface area contributed by atoms with Gasteiger partial charge in [-0.05, 0) is 0 Å². The molecule has 0 aliphatic heterocycles. The van der Waals surface area contributed by atoms with E-state index in [9.17, 15) is 0 Å². The van der Waals surface area contributed by atoms with Gasteiger partial charge in [-0.1, -0.05) is 41.5 Å². The quantitative estimate of drug-likeness (QED) is 0.714. The van der Waals surface area contributed by atoms with E-state index < -0.39 is 0 Å². The van der Waals surface area contributed by atoms with Crippen LogP contribution in [0.2, 0.25) is 0 Å². The fourth-order valence-electron chi connectivity index (χ4n) is 1.72. The van der Waals surface area contributed by atoms with Gasteiger partial charge in [0.1, 0.15) is 11.3 Å². The Kier molecular flexibility index (Phi) is 2.84. The predicted molar refractivity (Wildman–Crippen MR) is 72.5 cm³/mol. The first kappa shape index (κ1) is 12.9. The van der Waals surface area contributed by atoms with E-state index in [1.54, 1.807) is 12.4 Å². The largest absolute Gasteiger partial charge is 0.249 e.